The molecule has 0 aliphatic carbocycles. The normalized spacial score (nSPS) is 17.6. The van der Waals surface area contributed by atoms with Gasteiger partial charge in [0.05, 0.1) is 6.33 Å². The van der Waals surface area contributed by atoms with E-state index in [9.17, 15) is 4.39 Å². The van der Waals surface area contributed by atoms with Gasteiger partial charge in [-0.05, 0) is 31.0 Å². The summed E-state index contributed by atoms with van der Waals surface area (Å²) in [4.78, 5) is 20.4. The number of hydrogen-bond donors (Lipinski definition) is 1. The number of halogens is 1. The van der Waals surface area contributed by atoms with Crippen molar-refractivity contribution in [3.63, 3.8) is 0 Å². The Balaban J connectivity index is 1.58. The lowest BCUT2D eigenvalue weighted by Gasteiger charge is -2.30. The Kier molecular flexibility index (Phi) is 3.76. The van der Waals surface area contributed by atoms with Gasteiger partial charge in [0.15, 0.2) is 11.5 Å². The molecule has 0 amide bonds. The number of nitrogens with one attached hydrogen (secondary N) is 1. The van der Waals surface area contributed by atoms with Gasteiger partial charge in [0.2, 0.25) is 0 Å². The van der Waals surface area contributed by atoms with E-state index >= 15 is 0 Å². The molecule has 0 bridgehead atoms. The lowest BCUT2D eigenvalue weighted by molar-refractivity contribution is 0.623. The maximum absolute atomic E-state index is 13.5. The summed E-state index contributed by atoms with van der Waals surface area (Å²) in [5.41, 5.74) is 2.44. The van der Waals surface area contributed by atoms with E-state index in [0.717, 1.165) is 43.0 Å². The number of aromatic amines is 1. The van der Waals surface area contributed by atoms with Crippen molar-refractivity contribution in [2.75, 3.05) is 29.9 Å². The summed E-state index contributed by atoms with van der Waals surface area (Å²) in [6, 6.07) is 7.03. The number of hydrogen-bond acceptors (Lipinski definition) is 5. The highest BCUT2D eigenvalue weighted by molar-refractivity contribution is 5.83. The van der Waals surface area contributed by atoms with Gasteiger partial charge in [0, 0.05) is 31.9 Å². The lowest BCUT2D eigenvalue weighted by atomic mass is 10.2. The molecule has 1 N–H and O–H groups in total. The van der Waals surface area contributed by atoms with Crippen LogP contribution in [-0.4, -0.2) is 46.1 Å². The molecule has 0 unspecified atom stereocenters. The number of aromatic nitrogens is 4. The van der Waals surface area contributed by atoms with E-state index in [0.29, 0.717) is 11.7 Å². The minimum absolute atomic E-state index is 0.211. The predicted octanol–water partition coefficient (Wildman–Crippen LogP) is 2.60. The molecule has 1 aliphatic rings. The minimum atomic E-state index is -0.211. The zero-order valence-electron chi connectivity index (χ0n) is 13.5. The summed E-state index contributed by atoms with van der Waals surface area (Å²) >= 11 is 0. The number of fused-ring (bicyclic) bond motifs is 1. The topological polar surface area (TPSA) is 60.9 Å². The Labute approximate surface area is 139 Å². The molecule has 0 radical (unpaired) electrons. The molecular formula is C17H19FN6. The fourth-order valence-electron chi connectivity index (χ4n) is 3.41. The summed E-state index contributed by atoms with van der Waals surface area (Å²) in [6.07, 6.45) is 5.40. The lowest BCUT2D eigenvalue weighted by Crippen LogP contribution is -2.39. The van der Waals surface area contributed by atoms with Crippen LogP contribution in [0.15, 0.2) is 36.9 Å². The molecule has 4 rings (SSSR count). The third-order valence-electron chi connectivity index (χ3n) is 4.59. The van der Waals surface area contributed by atoms with Crippen molar-refractivity contribution in [1.29, 1.82) is 0 Å². The summed E-state index contributed by atoms with van der Waals surface area (Å²) in [7, 11) is 2.00. The van der Waals surface area contributed by atoms with Gasteiger partial charge in [0.1, 0.15) is 17.7 Å². The van der Waals surface area contributed by atoms with Gasteiger partial charge in [-0.25, -0.2) is 19.3 Å². The van der Waals surface area contributed by atoms with Crippen molar-refractivity contribution in [2.45, 2.75) is 18.9 Å². The smallest absolute Gasteiger partial charge is 0.182 e. The van der Waals surface area contributed by atoms with Crippen LogP contribution in [-0.2, 0) is 0 Å². The molecule has 1 saturated heterocycles. The van der Waals surface area contributed by atoms with E-state index in [1.165, 1.54) is 6.07 Å². The van der Waals surface area contributed by atoms with E-state index in [1.54, 1.807) is 24.8 Å². The van der Waals surface area contributed by atoms with Crippen molar-refractivity contribution >= 4 is 22.7 Å². The standard InChI is InChI=1S/C17H19FN6/c1-23(13-5-2-4-12(18)8-13)9-14-6-3-7-24(14)17-15-16(20-10-19-15)21-11-22-17/h2,4-5,8,10-11,14H,3,6-7,9H2,1H3,(H,19,20,21,22)/t14-/m1/s1. The molecular weight excluding hydrogens is 307 g/mol. The van der Waals surface area contributed by atoms with E-state index in [4.69, 9.17) is 0 Å². The zero-order valence-corrected chi connectivity index (χ0v) is 13.5. The number of nitrogens with zero attached hydrogens (tertiary/aromatic N) is 5. The summed E-state index contributed by atoms with van der Waals surface area (Å²) in [5.74, 6) is 0.685. The fourth-order valence-corrected chi connectivity index (χ4v) is 3.41. The third kappa shape index (κ3) is 2.66. The molecule has 3 aromatic rings. The van der Waals surface area contributed by atoms with Crippen LogP contribution in [0.2, 0.25) is 0 Å². The molecule has 24 heavy (non-hydrogen) atoms. The van der Waals surface area contributed by atoms with Crippen molar-refractivity contribution < 1.29 is 4.39 Å². The molecule has 1 fully saturated rings. The highest BCUT2D eigenvalue weighted by Crippen LogP contribution is 2.29. The zero-order chi connectivity index (χ0) is 16.5. The number of rotatable bonds is 4. The average molecular weight is 326 g/mol. The van der Waals surface area contributed by atoms with Crippen LogP contribution in [0.25, 0.3) is 11.2 Å². The van der Waals surface area contributed by atoms with Crippen LogP contribution < -0.4 is 9.80 Å². The van der Waals surface area contributed by atoms with Crippen LogP contribution in [0.1, 0.15) is 12.8 Å². The summed E-state index contributed by atoms with van der Waals surface area (Å²) < 4.78 is 13.5. The Morgan fingerprint density at radius 2 is 2.25 bits per heavy atom. The van der Waals surface area contributed by atoms with Gasteiger partial charge < -0.3 is 14.8 Å². The average Bonchev–Trinajstić information content (AvgIpc) is 3.23. The molecule has 124 valence electrons. The van der Waals surface area contributed by atoms with Crippen LogP contribution >= 0.6 is 0 Å². The Hall–Kier alpha value is -2.70. The van der Waals surface area contributed by atoms with Gasteiger partial charge in [0.25, 0.3) is 0 Å². The number of anilines is 2. The van der Waals surface area contributed by atoms with E-state index in [2.05, 4.69) is 29.7 Å². The largest absolute Gasteiger partial charge is 0.372 e. The van der Waals surface area contributed by atoms with Gasteiger partial charge in [-0.15, -0.1) is 0 Å². The quantitative estimate of drug-likeness (QED) is 0.798. The maximum Gasteiger partial charge on any atom is 0.182 e. The molecule has 2 aromatic heterocycles. The molecule has 3 heterocycles. The summed E-state index contributed by atoms with van der Waals surface area (Å²) in [6.45, 7) is 1.76. The van der Waals surface area contributed by atoms with E-state index in [1.807, 2.05) is 13.1 Å². The van der Waals surface area contributed by atoms with Gasteiger partial charge in [-0.1, -0.05) is 6.07 Å². The van der Waals surface area contributed by atoms with E-state index in [-0.39, 0.29) is 5.82 Å². The predicted molar refractivity (Wildman–Crippen MR) is 91.7 cm³/mol. The Morgan fingerprint density at radius 3 is 3.12 bits per heavy atom. The van der Waals surface area contributed by atoms with Crippen LogP contribution in [0, 0.1) is 5.82 Å². The van der Waals surface area contributed by atoms with Crippen molar-refractivity contribution in [2.24, 2.45) is 0 Å². The van der Waals surface area contributed by atoms with Crippen LogP contribution in [0.3, 0.4) is 0 Å². The number of H-pyrrole nitrogens is 1. The highest BCUT2D eigenvalue weighted by Gasteiger charge is 2.28. The second kappa shape index (κ2) is 6.07. The molecule has 1 aromatic carbocycles. The Bertz CT molecular complexity index is 848. The van der Waals surface area contributed by atoms with Crippen molar-refractivity contribution in [3.8, 4) is 0 Å². The first kappa shape index (κ1) is 14.9. The fraction of sp³-hybridized carbons (Fsp3) is 0.353. The summed E-state index contributed by atoms with van der Waals surface area (Å²) in [5, 5.41) is 0. The number of likely N-dealkylation sites (N-methyl/N-ethyl adjacent to an activating group) is 1. The van der Waals surface area contributed by atoms with Crippen LogP contribution in [0.5, 0.6) is 0 Å². The highest BCUT2D eigenvalue weighted by atomic mass is 19.1. The molecule has 6 nitrogen and oxygen atoms in total. The molecule has 1 aliphatic heterocycles. The van der Waals surface area contributed by atoms with Crippen LogP contribution in [0.4, 0.5) is 15.9 Å². The molecule has 0 spiro atoms. The first-order chi connectivity index (χ1) is 11.7. The van der Waals surface area contributed by atoms with Gasteiger partial charge in [-0.3, -0.25) is 0 Å². The molecule has 7 heteroatoms. The van der Waals surface area contributed by atoms with Crippen molar-refractivity contribution in [1.82, 2.24) is 19.9 Å². The second-order valence-corrected chi connectivity index (χ2v) is 6.15. The van der Waals surface area contributed by atoms with Gasteiger partial charge >= 0.3 is 0 Å². The van der Waals surface area contributed by atoms with Crippen molar-refractivity contribution in [3.05, 3.63) is 42.7 Å². The monoisotopic (exact) mass is 326 g/mol. The SMILES string of the molecule is CN(C[C@H]1CCCN1c1ncnc2nc[nH]c12)c1cccc(F)c1. The molecule has 0 saturated carbocycles. The first-order valence-electron chi connectivity index (χ1n) is 8.10. The maximum atomic E-state index is 13.5. The van der Waals surface area contributed by atoms with Gasteiger partial charge in [-0.2, -0.15) is 0 Å². The van der Waals surface area contributed by atoms with E-state index < -0.39 is 0 Å². The Morgan fingerprint density at radius 1 is 1.33 bits per heavy atom. The number of benzene rings is 1. The third-order valence-corrected chi connectivity index (χ3v) is 4.59. The number of imidazole rings is 1. The second-order valence-electron chi connectivity index (χ2n) is 6.15. The minimum Gasteiger partial charge on any atom is -0.372 e. The molecule has 1 atom stereocenters. The first-order valence-corrected chi connectivity index (χ1v) is 8.10.